The van der Waals surface area contributed by atoms with Crippen molar-refractivity contribution in [2.24, 2.45) is 0 Å². The first-order valence-corrected chi connectivity index (χ1v) is 8.49. The van der Waals surface area contributed by atoms with Crippen LogP contribution in [0, 0.1) is 0 Å². The van der Waals surface area contributed by atoms with Gasteiger partial charge in [-0.15, -0.1) is 0 Å². The minimum atomic E-state index is -0.0488. The molecule has 2 amide bonds. The highest BCUT2D eigenvalue weighted by atomic mass is 79.9. The van der Waals surface area contributed by atoms with Crippen LogP contribution in [0.25, 0.3) is 0 Å². The van der Waals surface area contributed by atoms with E-state index in [4.69, 9.17) is 0 Å². The number of halogens is 1. The molecule has 2 aliphatic rings. The first-order chi connectivity index (χ1) is 10.6. The van der Waals surface area contributed by atoms with Gasteiger partial charge in [-0.2, -0.15) is 0 Å². The van der Waals surface area contributed by atoms with Crippen molar-refractivity contribution in [1.29, 1.82) is 0 Å². The predicted octanol–water partition coefficient (Wildman–Crippen LogP) is 1.49. The van der Waals surface area contributed by atoms with Gasteiger partial charge in [-0.3, -0.25) is 9.59 Å². The number of amides is 2. The summed E-state index contributed by atoms with van der Waals surface area (Å²) in [6.07, 6.45) is 1.99. The number of carbonyl (C=O) groups is 2. The Bertz CT molecular complexity index is 568. The molecule has 1 aromatic rings. The molecule has 1 aliphatic heterocycles. The minimum absolute atomic E-state index is 0.0488. The van der Waals surface area contributed by atoms with Crippen LogP contribution in [0.3, 0.4) is 0 Å². The molecule has 0 spiro atoms. The van der Waals surface area contributed by atoms with Crippen molar-refractivity contribution in [3.63, 3.8) is 0 Å². The van der Waals surface area contributed by atoms with Crippen molar-refractivity contribution < 1.29 is 9.59 Å². The van der Waals surface area contributed by atoms with Gasteiger partial charge in [0.1, 0.15) is 6.54 Å². The molecule has 0 atom stereocenters. The van der Waals surface area contributed by atoms with Crippen LogP contribution in [0.2, 0.25) is 0 Å². The van der Waals surface area contributed by atoms with Gasteiger partial charge in [0, 0.05) is 42.3 Å². The zero-order valence-electron chi connectivity index (χ0n) is 12.4. The van der Waals surface area contributed by atoms with Crippen molar-refractivity contribution in [2.75, 3.05) is 32.7 Å². The monoisotopic (exact) mass is 365 g/mol. The number of nitrogens with one attached hydrogen (secondary N) is 1. The van der Waals surface area contributed by atoms with Crippen molar-refractivity contribution >= 4 is 27.7 Å². The largest absolute Gasteiger partial charge is 0.339 e. The van der Waals surface area contributed by atoms with Crippen LogP contribution in [0.15, 0.2) is 28.7 Å². The van der Waals surface area contributed by atoms with Gasteiger partial charge in [0.25, 0.3) is 5.91 Å². The second-order valence-corrected chi connectivity index (χ2v) is 6.72. The van der Waals surface area contributed by atoms with E-state index in [9.17, 15) is 9.59 Å². The summed E-state index contributed by atoms with van der Waals surface area (Å²) in [5.74, 6) is 0.00373. The van der Waals surface area contributed by atoms with Crippen LogP contribution in [-0.4, -0.2) is 60.4 Å². The summed E-state index contributed by atoms with van der Waals surface area (Å²) >= 11 is 3.39. The molecule has 0 unspecified atom stereocenters. The lowest BCUT2D eigenvalue weighted by atomic mass is 10.2. The molecule has 1 saturated carbocycles. The number of rotatable bonds is 4. The van der Waals surface area contributed by atoms with Gasteiger partial charge in [-0.25, -0.2) is 0 Å². The maximum Gasteiger partial charge on any atom is 0.254 e. The molecule has 5 nitrogen and oxygen atoms in total. The molecule has 22 heavy (non-hydrogen) atoms. The molecule has 1 aromatic carbocycles. The summed E-state index contributed by atoms with van der Waals surface area (Å²) in [6.45, 7) is 3.30. The number of carbonyl (C=O) groups excluding carboxylic acids is 2. The lowest BCUT2D eigenvalue weighted by Gasteiger charge is -2.30. The van der Waals surface area contributed by atoms with E-state index in [0.29, 0.717) is 5.56 Å². The summed E-state index contributed by atoms with van der Waals surface area (Å²) in [5, 5.41) is 3.23. The van der Waals surface area contributed by atoms with Crippen molar-refractivity contribution in [3.05, 3.63) is 34.3 Å². The molecule has 3 rings (SSSR count). The number of piperazine rings is 1. The van der Waals surface area contributed by atoms with E-state index in [2.05, 4.69) is 21.2 Å². The second-order valence-electron chi connectivity index (χ2n) is 5.81. The lowest BCUT2D eigenvalue weighted by molar-refractivity contribution is -0.132. The summed E-state index contributed by atoms with van der Waals surface area (Å²) in [7, 11) is 0. The fraction of sp³-hybridized carbons (Fsp3) is 0.500. The van der Waals surface area contributed by atoms with Crippen LogP contribution < -0.4 is 5.32 Å². The van der Waals surface area contributed by atoms with Gasteiger partial charge in [-0.05, 0) is 31.0 Å². The van der Waals surface area contributed by atoms with E-state index < -0.39 is 0 Å². The van der Waals surface area contributed by atoms with E-state index in [-0.39, 0.29) is 24.4 Å². The Balaban J connectivity index is 1.70. The maximum absolute atomic E-state index is 12.7. The SMILES string of the molecule is O=C(CN(C(=O)c1cccc(Br)c1)C1CC1)N1CCNCC1. The maximum atomic E-state index is 12.7. The number of hydrogen-bond donors (Lipinski definition) is 1. The van der Waals surface area contributed by atoms with E-state index in [1.54, 1.807) is 11.0 Å². The Morgan fingerprint density at radius 3 is 2.64 bits per heavy atom. The summed E-state index contributed by atoms with van der Waals surface area (Å²) in [6, 6.07) is 7.58. The van der Waals surface area contributed by atoms with Gasteiger partial charge < -0.3 is 15.1 Å². The second kappa shape index (κ2) is 6.79. The van der Waals surface area contributed by atoms with Crippen molar-refractivity contribution in [2.45, 2.75) is 18.9 Å². The Morgan fingerprint density at radius 2 is 2.00 bits per heavy atom. The molecular weight excluding hydrogens is 346 g/mol. The molecule has 118 valence electrons. The Morgan fingerprint density at radius 1 is 1.27 bits per heavy atom. The third kappa shape index (κ3) is 3.67. The Hall–Kier alpha value is -1.40. The number of hydrogen-bond acceptors (Lipinski definition) is 3. The Kier molecular flexibility index (Phi) is 4.78. The normalized spacial score (nSPS) is 18.1. The zero-order chi connectivity index (χ0) is 15.5. The first kappa shape index (κ1) is 15.5. The smallest absolute Gasteiger partial charge is 0.254 e. The number of benzene rings is 1. The van der Waals surface area contributed by atoms with E-state index in [1.165, 1.54) is 0 Å². The lowest BCUT2D eigenvalue weighted by Crippen LogP contribution is -2.50. The molecule has 1 saturated heterocycles. The summed E-state index contributed by atoms with van der Waals surface area (Å²) in [4.78, 5) is 28.7. The highest BCUT2D eigenvalue weighted by Crippen LogP contribution is 2.28. The van der Waals surface area contributed by atoms with Crippen molar-refractivity contribution in [1.82, 2.24) is 15.1 Å². The molecular formula is C16H20BrN3O2. The van der Waals surface area contributed by atoms with Gasteiger partial charge >= 0.3 is 0 Å². The molecule has 1 heterocycles. The third-order valence-electron chi connectivity index (χ3n) is 4.10. The van der Waals surface area contributed by atoms with Gasteiger partial charge in [-0.1, -0.05) is 22.0 Å². The fourth-order valence-corrected chi connectivity index (χ4v) is 3.10. The van der Waals surface area contributed by atoms with Crippen LogP contribution in [-0.2, 0) is 4.79 Å². The minimum Gasteiger partial charge on any atom is -0.339 e. The zero-order valence-corrected chi connectivity index (χ0v) is 14.0. The summed E-state index contributed by atoms with van der Waals surface area (Å²) < 4.78 is 0.877. The molecule has 0 bridgehead atoms. The highest BCUT2D eigenvalue weighted by Gasteiger charge is 2.35. The standard InChI is InChI=1S/C16H20BrN3O2/c17-13-3-1-2-12(10-13)16(22)20(14-4-5-14)11-15(21)19-8-6-18-7-9-19/h1-3,10,14,18H,4-9,11H2. The van der Waals surface area contributed by atoms with E-state index in [1.807, 2.05) is 23.1 Å². The highest BCUT2D eigenvalue weighted by molar-refractivity contribution is 9.10. The fourth-order valence-electron chi connectivity index (χ4n) is 2.70. The van der Waals surface area contributed by atoms with E-state index >= 15 is 0 Å². The van der Waals surface area contributed by atoms with Gasteiger partial charge in [0.15, 0.2) is 0 Å². The first-order valence-electron chi connectivity index (χ1n) is 7.70. The molecule has 1 aliphatic carbocycles. The Labute approximate surface area is 138 Å². The summed E-state index contributed by atoms with van der Waals surface area (Å²) in [5.41, 5.74) is 0.634. The van der Waals surface area contributed by atoms with Crippen molar-refractivity contribution in [3.8, 4) is 0 Å². The van der Waals surface area contributed by atoms with Gasteiger partial charge in [0.2, 0.25) is 5.91 Å². The molecule has 2 fully saturated rings. The van der Waals surface area contributed by atoms with Crippen LogP contribution in [0.5, 0.6) is 0 Å². The average Bonchev–Trinajstić information content (AvgIpc) is 3.37. The van der Waals surface area contributed by atoms with Crippen LogP contribution >= 0.6 is 15.9 Å². The molecule has 1 N–H and O–H groups in total. The number of nitrogens with zero attached hydrogens (tertiary/aromatic N) is 2. The van der Waals surface area contributed by atoms with Crippen LogP contribution in [0.4, 0.5) is 0 Å². The van der Waals surface area contributed by atoms with Gasteiger partial charge in [0.05, 0.1) is 0 Å². The van der Waals surface area contributed by atoms with E-state index in [0.717, 1.165) is 43.5 Å². The average molecular weight is 366 g/mol. The molecule has 0 radical (unpaired) electrons. The molecule has 6 heteroatoms. The quantitative estimate of drug-likeness (QED) is 0.879. The van der Waals surface area contributed by atoms with Crippen LogP contribution in [0.1, 0.15) is 23.2 Å². The topological polar surface area (TPSA) is 52.7 Å². The molecule has 0 aromatic heterocycles. The predicted molar refractivity (Wildman–Crippen MR) is 87.7 cm³/mol. The third-order valence-corrected chi connectivity index (χ3v) is 4.59.